The van der Waals surface area contributed by atoms with Crippen molar-refractivity contribution in [1.82, 2.24) is 0 Å². The first-order valence-corrected chi connectivity index (χ1v) is 5.12. The second-order valence-corrected chi connectivity index (χ2v) is 3.55. The molecule has 0 aromatic carbocycles. The summed E-state index contributed by atoms with van der Waals surface area (Å²) in [6.45, 7) is 2.66. The lowest BCUT2D eigenvalue weighted by Gasteiger charge is -2.11. The van der Waals surface area contributed by atoms with E-state index in [9.17, 15) is 4.79 Å². The lowest BCUT2D eigenvalue weighted by Crippen LogP contribution is -2.17. The highest BCUT2D eigenvalue weighted by molar-refractivity contribution is 5.67. The topological polar surface area (TPSA) is 63.3 Å². The zero-order chi connectivity index (χ0) is 10.1. The lowest BCUT2D eigenvalue weighted by atomic mass is 9.98. The molecular formula is C10H21NO2. The van der Waals surface area contributed by atoms with Crippen LogP contribution in [0.3, 0.4) is 0 Å². The van der Waals surface area contributed by atoms with Gasteiger partial charge in [0.15, 0.2) is 0 Å². The van der Waals surface area contributed by atoms with Crippen molar-refractivity contribution in [3.8, 4) is 0 Å². The molecule has 0 saturated carbocycles. The average Bonchev–Trinajstić information content (AvgIpc) is 2.09. The van der Waals surface area contributed by atoms with Crippen LogP contribution in [0.4, 0.5) is 0 Å². The van der Waals surface area contributed by atoms with Crippen LogP contribution in [0, 0.1) is 5.92 Å². The summed E-state index contributed by atoms with van der Waals surface area (Å²) in [5.41, 5.74) is 5.47. The van der Waals surface area contributed by atoms with Crippen LogP contribution in [0.1, 0.15) is 45.4 Å². The molecule has 0 bridgehead atoms. The lowest BCUT2D eigenvalue weighted by molar-refractivity contribution is -0.138. The van der Waals surface area contributed by atoms with Crippen molar-refractivity contribution in [3.05, 3.63) is 0 Å². The molecule has 3 N–H and O–H groups in total. The Morgan fingerprint density at radius 2 is 2.08 bits per heavy atom. The van der Waals surface area contributed by atoms with Crippen molar-refractivity contribution in [2.75, 3.05) is 6.54 Å². The van der Waals surface area contributed by atoms with E-state index in [1.165, 1.54) is 19.3 Å². The van der Waals surface area contributed by atoms with Gasteiger partial charge in [-0.3, -0.25) is 4.79 Å². The molecule has 0 fully saturated rings. The fourth-order valence-corrected chi connectivity index (χ4v) is 1.41. The van der Waals surface area contributed by atoms with Crippen molar-refractivity contribution in [2.45, 2.75) is 45.4 Å². The summed E-state index contributed by atoms with van der Waals surface area (Å²) < 4.78 is 0. The van der Waals surface area contributed by atoms with E-state index < -0.39 is 5.97 Å². The van der Waals surface area contributed by atoms with Gasteiger partial charge in [-0.05, 0) is 18.9 Å². The van der Waals surface area contributed by atoms with E-state index in [-0.39, 0.29) is 12.3 Å². The van der Waals surface area contributed by atoms with E-state index in [0.29, 0.717) is 6.54 Å². The van der Waals surface area contributed by atoms with Crippen molar-refractivity contribution in [1.29, 1.82) is 0 Å². The van der Waals surface area contributed by atoms with Crippen LogP contribution in [-0.4, -0.2) is 17.6 Å². The van der Waals surface area contributed by atoms with Gasteiger partial charge in [0.05, 0.1) is 0 Å². The first kappa shape index (κ1) is 12.4. The summed E-state index contributed by atoms with van der Waals surface area (Å²) >= 11 is 0. The summed E-state index contributed by atoms with van der Waals surface area (Å²) in [4.78, 5) is 10.4. The van der Waals surface area contributed by atoms with Crippen LogP contribution in [0.2, 0.25) is 0 Å². The van der Waals surface area contributed by atoms with Gasteiger partial charge < -0.3 is 10.8 Å². The van der Waals surface area contributed by atoms with Crippen molar-refractivity contribution in [3.63, 3.8) is 0 Å². The van der Waals surface area contributed by atoms with Crippen LogP contribution in [0.5, 0.6) is 0 Å². The maximum Gasteiger partial charge on any atom is 0.303 e. The quantitative estimate of drug-likeness (QED) is 0.571. The molecule has 0 heterocycles. The Kier molecular flexibility index (Phi) is 7.69. The molecule has 0 aliphatic rings. The summed E-state index contributed by atoms with van der Waals surface area (Å²) in [7, 11) is 0. The molecule has 0 radical (unpaired) electrons. The highest BCUT2D eigenvalue weighted by Crippen LogP contribution is 2.13. The zero-order valence-electron chi connectivity index (χ0n) is 8.46. The molecular weight excluding hydrogens is 166 g/mol. The molecule has 13 heavy (non-hydrogen) atoms. The van der Waals surface area contributed by atoms with Gasteiger partial charge >= 0.3 is 5.97 Å². The van der Waals surface area contributed by atoms with Gasteiger partial charge in [-0.1, -0.05) is 32.6 Å². The second-order valence-electron chi connectivity index (χ2n) is 3.55. The molecule has 1 unspecified atom stereocenters. The number of rotatable bonds is 8. The van der Waals surface area contributed by atoms with Gasteiger partial charge in [-0.2, -0.15) is 0 Å². The van der Waals surface area contributed by atoms with E-state index in [2.05, 4.69) is 6.92 Å². The van der Waals surface area contributed by atoms with Crippen LogP contribution < -0.4 is 5.73 Å². The fraction of sp³-hybridized carbons (Fsp3) is 0.900. The SMILES string of the molecule is CCCCCCC(CN)CC(=O)O. The molecule has 0 rings (SSSR count). The Balaban J connectivity index is 3.42. The maximum atomic E-state index is 10.4. The standard InChI is InChI=1S/C10H21NO2/c1-2-3-4-5-6-9(8-11)7-10(12)13/h9H,2-8,11H2,1H3,(H,12,13). The van der Waals surface area contributed by atoms with Crippen molar-refractivity contribution < 1.29 is 9.90 Å². The largest absolute Gasteiger partial charge is 0.481 e. The van der Waals surface area contributed by atoms with Gasteiger partial charge in [-0.25, -0.2) is 0 Å². The number of carboxylic acid groups (broad SMARTS) is 1. The third-order valence-electron chi connectivity index (χ3n) is 2.26. The average molecular weight is 187 g/mol. The number of unbranched alkanes of at least 4 members (excludes halogenated alkanes) is 3. The molecule has 3 nitrogen and oxygen atoms in total. The number of hydrogen-bond acceptors (Lipinski definition) is 2. The van der Waals surface area contributed by atoms with Crippen molar-refractivity contribution >= 4 is 5.97 Å². The van der Waals surface area contributed by atoms with E-state index in [0.717, 1.165) is 12.8 Å². The summed E-state index contributed by atoms with van der Waals surface area (Å²) in [6.07, 6.45) is 5.96. The predicted molar refractivity (Wildman–Crippen MR) is 53.6 cm³/mol. The predicted octanol–water partition coefficient (Wildman–Crippen LogP) is 2.01. The van der Waals surface area contributed by atoms with Crippen molar-refractivity contribution in [2.24, 2.45) is 11.7 Å². The number of nitrogens with two attached hydrogens (primary N) is 1. The van der Waals surface area contributed by atoms with Gasteiger partial charge in [-0.15, -0.1) is 0 Å². The Morgan fingerprint density at radius 1 is 1.38 bits per heavy atom. The molecule has 78 valence electrons. The Morgan fingerprint density at radius 3 is 2.54 bits per heavy atom. The van der Waals surface area contributed by atoms with E-state index in [1.807, 2.05) is 0 Å². The Hall–Kier alpha value is -0.570. The minimum absolute atomic E-state index is 0.175. The van der Waals surface area contributed by atoms with Gasteiger partial charge in [0.2, 0.25) is 0 Å². The van der Waals surface area contributed by atoms with Crippen LogP contribution in [0.25, 0.3) is 0 Å². The minimum Gasteiger partial charge on any atom is -0.481 e. The van der Waals surface area contributed by atoms with Gasteiger partial charge in [0.25, 0.3) is 0 Å². The Labute approximate surface area is 80.3 Å². The molecule has 0 aromatic heterocycles. The smallest absolute Gasteiger partial charge is 0.303 e. The number of aliphatic carboxylic acids is 1. The normalized spacial score (nSPS) is 12.8. The number of carboxylic acids is 1. The number of carbonyl (C=O) groups is 1. The van der Waals surface area contributed by atoms with Gasteiger partial charge in [0, 0.05) is 6.42 Å². The van der Waals surface area contributed by atoms with E-state index >= 15 is 0 Å². The summed E-state index contributed by atoms with van der Waals surface area (Å²) in [5, 5.41) is 8.56. The highest BCUT2D eigenvalue weighted by atomic mass is 16.4. The number of hydrogen-bond donors (Lipinski definition) is 2. The molecule has 0 saturated heterocycles. The molecule has 0 aromatic rings. The molecule has 0 aliphatic heterocycles. The van der Waals surface area contributed by atoms with Crippen LogP contribution >= 0.6 is 0 Å². The van der Waals surface area contributed by atoms with E-state index in [4.69, 9.17) is 10.8 Å². The first-order chi connectivity index (χ1) is 6.20. The second kappa shape index (κ2) is 8.05. The molecule has 0 amide bonds. The third-order valence-corrected chi connectivity index (χ3v) is 2.26. The van der Waals surface area contributed by atoms with Crippen LogP contribution in [0.15, 0.2) is 0 Å². The summed E-state index contributed by atoms with van der Waals surface area (Å²) in [6, 6.07) is 0. The fourth-order valence-electron chi connectivity index (χ4n) is 1.41. The third kappa shape index (κ3) is 7.78. The minimum atomic E-state index is -0.731. The molecule has 0 aliphatic carbocycles. The Bertz CT molecular complexity index is 137. The van der Waals surface area contributed by atoms with Crippen LogP contribution in [-0.2, 0) is 4.79 Å². The maximum absolute atomic E-state index is 10.4. The zero-order valence-corrected chi connectivity index (χ0v) is 8.46. The summed E-state index contributed by atoms with van der Waals surface area (Å²) in [5.74, 6) is -0.555. The highest BCUT2D eigenvalue weighted by Gasteiger charge is 2.10. The molecule has 1 atom stereocenters. The molecule has 0 spiro atoms. The monoisotopic (exact) mass is 187 g/mol. The van der Waals surface area contributed by atoms with Gasteiger partial charge in [0.1, 0.15) is 0 Å². The molecule has 3 heteroatoms. The first-order valence-electron chi connectivity index (χ1n) is 5.12. The van der Waals surface area contributed by atoms with E-state index in [1.54, 1.807) is 0 Å².